The number of hydrogen-bond donors (Lipinski definition) is 3. The van der Waals surface area contributed by atoms with Crippen LogP contribution in [0.4, 0.5) is 0 Å². The molecule has 3 N–H and O–H groups in total. The summed E-state index contributed by atoms with van der Waals surface area (Å²) >= 11 is 5.81. The van der Waals surface area contributed by atoms with Crippen molar-refractivity contribution in [2.45, 2.75) is 32.2 Å². The summed E-state index contributed by atoms with van der Waals surface area (Å²) in [6.45, 7) is 3.63. The Balaban J connectivity index is 2.99. The first-order valence-corrected chi connectivity index (χ1v) is 6.38. The monoisotopic (exact) mass is 315 g/mol. The van der Waals surface area contributed by atoms with Crippen LogP contribution in [0.5, 0.6) is 0 Å². The van der Waals surface area contributed by atoms with E-state index in [-0.39, 0.29) is 16.6 Å². The Morgan fingerprint density at radius 1 is 1.33 bits per heavy atom. The summed E-state index contributed by atoms with van der Waals surface area (Å²) in [5, 5.41) is 19.5. The van der Waals surface area contributed by atoms with E-state index in [9.17, 15) is 14.4 Å². The second-order valence-corrected chi connectivity index (χ2v) is 4.95. The molecule has 0 aromatic carbocycles. The molecule has 1 rings (SSSR count). The molecule has 1 unspecified atom stereocenters. The Bertz CT molecular complexity index is 576. The summed E-state index contributed by atoms with van der Waals surface area (Å²) in [6.07, 6.45) is 0.493. The number of aromatic nitrogens is 2. The van der Waals surface area contributed by atoms with Crippen LogP contribution in [-0.2, 0) is 9.59 Å². The second kappa shape index (κ2) is 6.98. The van der Waals surface area contributed by atoms with Crippen LogP contribution < -0.4 is 5.32 Å². The highest BCUT2D eigenvalue weighted by atomic mass is 35.5. The van der Waals surface area contributed by atoms with Gasteiger partial charge in [0.25, 0.3) is 5.91 Å². The van der Waals surface area contributed by atoms with Gasteiger partial charge in [0.05, 0.1) is 17.6 Å². The molecule has 1 aromatic heterocycles. The standard InChI is InChI=1S/C12H14ClN3O5/c1-5(2)10-14-4-6(13)9(16-10)11(19)15-7(12(20)21)3-8(17)18/h4-5,7H,3H2,1-2H3,(H,15,19)(H,17,18)(H,20,21). The molecule has 1 atom stereocenters. The quantitative estimate of drug-likeness (QED) is 0.711. The van der Waals surface area contributed by atoms with Crippen molar-refractivity contribution in [3.8, 4) is 0 Å². The van der Waals surface area contributed by atoms with E-state index in [2.05, 4.69) is 15.3 Å². The molecule has 9 heteroatoms. The van der Waals surface area contributed by atoms with Gasteiger partial charge < -0.3 is 15.5 Å². The van der Waals surface area contributed by atoms with E-state index in [1.165, 1.54) is 6.20 Å². The predicted molar refractivity (Wildman–Crippen MR) is 72.3 cm³/mol. The van der Waals surface area contributed by atoms with Crippen molar-refractivity contribution in [3.05, 3.63) is 22.7 Å². The third-order valence-corrected chi connectivity index (χ3v) is 2.75. The molecular formula is C12H14ClN3O5. The van der Waals surface area contributed by atoms with Gasteiger partial charge in [0, 0.05) is 5.92 Å². The molecule has 114 valence electrons. The topological polar surface area (TPSA) is 129 Å². The zero-order valence-electron chi connectivity index (χ0n) is 11.3. The van der Waals surface area contributed by atoms with Crippen LogP contribution in [-0.4, -0.2) is 44.1 Å². The molecule has 0 bridgehead atoms. The normalized spacial score (nSPS) is 12.0. The first-order chi connectivity index (χ1) is 9.72. The van der Waals surface area contributed by atoms with Crippen molar-refractivity contribution >= 4 is 29.4 Å². The van der Waals surface area contributed by atoms with Crippen LogP contribution in [0.15, 0.2) is 6.20 Å². The molecule has 0 aliphatic heterocycles. The number of rotatable bonds is 6. The van der Waals surface area contributed by atoms with Crippen molar-refractivity contribution < 1.29 is 24.6 Å². The van der Waals surface area contributed by atoms with Gasteiger partial charge in [-0.1, -0.05) is 25.4 Å². The van der Waals surface area contributed by atoms with E-state index in [0.717, 1.165) is 0 Å². The van der Waals surface area contributed by atoms with Crippen molar-refractivity contribution in [2.75, 3.05) is 0 Å². The predicted octanol–water partition coefficient (Wildman–Crippen LogP) is 0.911. The number of halogens is 1. The molecule has 21 heavy (non-hydrogen) atoms. The van der Waals surface area contributed by atoms with Gasteiger partial charge in [-0.25, -0.2) is 14.8 Å². The fraction of sp³-hybridized carbons (Fsp3) is 0.417. The first-order valence-electron chi connectivity index (χ1n) is 6.00. The Morgan fingerprint density at radius 2 is 1.95 bits per heavy atom. The molecule has 0 aliphatic rings. The summed E-state index contributed by atoms with van der Waals surface area (Å²) in [6, 6.07) is -1.57. The highest BCUT2D eigenvalue weighted by molar-refractivity contribution is 6.33. The molecule has 0 saturated carbocycles. The van der Waals surface area contributed by atoms with E-state index < -0.39 is 30.3 Å². The van der Waals surface area contributed by atoms with Gasteiger partial charge in [-0.15, -0.1) is 0 Å². The molecule has 0 spiro atoms. The Hall–Kier alpha value is -2.22. The zero-order chi connectivity index (χ0) is 16.2. The molecule has 0 saturated heterocycles. The third-order valence-electron chi connectivity index (χ3n) is 2.48. The van der Waals surface area contributed by atoms with Gasteiger partial charge in [-0.3, -0.25) is 9.59 Å². The summed E-state index contributed by atoms with van der Waals surface area (Å²) in [7, 11) is 0. The van der Waals surface area contributed by atoms with E-state index in [0.29, 0.717) is 5.82 Å². The molecule has 0 aliphatic carbocycles. The Labute approximate surface area is 125 Å². The van der Waals surface area contributed by atoms with Crippen LogP contribution >= 0.6 is 11.6 Å². The largest absolute Gasteiger partial charge is 0.481 e. The Kier molecular flexibility index (Phi) is 5.60. The smallest absolute Gasteiger partial charge is 0.326 e. The minimum absolute atomic E-state index is 0.0450. The first kappa shape index (κ1) is 16.8. The number of nitrogens with one attached hydrogen (secondary N) is 1. The maximum Gasteiger partial charge on any atom is 0.326 e. The lowest BCUT2D eigenvalue weighted by molar-refractivity contribution is -0.145. The van der Waals surface area contributed by atoms with Gasteiger partial charge >= 0.3 is 11.9 Å². The van der Waals surface area contributed by atoms with Crippen molar-refractivity contribution in [1.82, 2.24) is 15.3 Å². The van der Waals surface area contributed by atoms with E-state index in [1.54, 1.807) is 0 Å². The van der Waals surface area contributed by atoms with E-state index in [4.69, 9.17) is 21.8 Å². The molecule has 1 amide bonds. The fourth-order valence-electron chi connectivity index (χ4n) is 1.42. The number of carbonyl (C=O) groups is 3. The second-order valence-electron chi connectivity index (χ2n) is 4.54. The maximum absolute atomic E-state index is 12.0. The minimum Gasteiger partial charge on any atom is -0.481 e. The van der Waals surface area contributed by atoms with Crippen LogP contribution in [0.25, 0.3) is 0 Å². The highest BCUT2D eigenvalue weighted by Gasteiger charge is 2.25. The summed E-state index contributed by atoms with van der Waals surface area (Å²) < 4.78 is 0. The third kappa shape index (κ3) is 4.67. The van der Waals surface area contributed by atoms with Crippen LogP contribution in [0, 0.1) is 0 Å². The number of nitrogens with zero attached hydrogens (tertiary/aromatic N) is 2. The number of hydrogen-bond acceptors (Lipinski definition) is 5. The van der Waals surface area contributed by atoms with Crippen LogP contribution in [0.2, 0.25) is 5.02 Å². The minimum atomic E-state index is -1.57. The average Bonchev–Trinajstić information content (AvgIpc) is 2.37. The summed E-state index contributed by atoms with van der Waals surface area (Å²) in [5.74, 6) is -3.35. The summed E-state index contributed by atoms with van der Waals surface area (Å²) in [5.41, 5.74) is -0.188. The lowest BCUT2D eigenvalue weighted by atomic mass is 10.2. The molecule has 0 radical (unpaired) electrons. The van der Waals surface area contributed by atoms with Gasteiger partial charge in [-0.05, 0) is 0 Å². The van der Waals surface area contributed by atoms with E-state index in [1.807, 2.05) is 13.8 Å². The van der Waals surface area contributed by atoms with E-state index >= 15 is 0 Å². The lowest BCUT2D eigenvalue weighted by Crippen LogP contribution is -2.42. The molecule has 8 nitrogen and oxygen atoms in total. The highest BCUT2D eigenvalue weighted by Crippen LogP contribution is 2.16. The lowest BCUT2D eigenvalue weighted by Gasteiger charge is -2.13. The van der Waals surface area contributed by atoms with Gasteiger partial charge in [0.1, 0.15) is 17.6 Å². The van der Waals surface area contributed by atoms with Crippen molar-refractivity contribution in [1.29, 1.82) is 0 Å². The number of carboxylic acids is 2. The van der Waals surface area contributed by atoms with Gasteiger partial charge in [0.15, 0.2) is 0 Å². The number of aliphatic carboxylic acids is 2. The molecule has 1 heterocycles. The van der Waals surface area contributed by atoms with Gasteiger partial charge in [0.2, 0.25) is 0 Å². The van der Waals surface area contributed by atoms with Crippen molar-refractivity contribution in [3.63, 3.8) is 0 Å². The average molecular weight is 316 g/mol. The fourth-order valence-corrected chi connectivity index (χ4v) is 1.60. The number of carbonyl (C=O) groups excluding carboxylic acids is 1. The number of amides is 1. The molecule has 0 fully saturated rings. The molecule has 1 aromatic rings. The van der Waals surface area contributed by atoms with Crippen molar-refractivity contribution in [2.24, 2.45) is 0 Å². The zero-order valence-corrected chi connectivity index (χ0v) is 12.1. The SMILES string of the molecule is CC(C)c1ncc(Cl)c(C(=O)NC(CC(=O)O)C(=O)O)n1. The number of carboxylic acid groups (broad SMARTS) is 2. The molecular weight excluding hydrogens is 302 g/mol. The Morgan fingerprint density at radius 3 is 2.43 bits per heavy atom. The summed E-state index contributed by atoms with van der Waals surface area (Å²) in [4.78, 5) is 41.4. The van der Waals surface area contributed by atoms with Crippen LogP contribution in [0.1, 0.15) is 42.5 Å². The van der Waals surface area contributed by atoms with Crippen LogP contribution in [0.3, 0.4) is 0 Å². The maximum atomic E-state index is 12.0. The van der Waals surface area contributed by atoms with Gasteiger partial charge in [-0.2, -0.15) is 0 Å².